The van der Waals surface area contributed by atoms with E-state index in [9.17, 15) is 4.39 Å². The van der Waals surface area contributed by atoms with Crippen molar-refractivity contribution in [2.45, 2.75) is 12.8 Å². The van der Waals surface area contributed by atoms with Crippen LogP contribution in [-0.4, -0.2) is 18.1 Å². The highest BCUT2D eigenvalue weighted by Crippen LogP contribution is 2.32. The van der Waals surface area contributed by atoms with E-state index in [0.29, 0.717) is 5.56 Å². The van der Waals surface area contributed by atoms with Crippen molar-refractivity contribution in [3.05, 3.63) is 83.8 Å². The van der Waals surface area contributed by atoms with Crippen LogP contribution in [0.3, 0.4) is 0 Å². The first-order chi connectivity index (χ1) is 13.3. The summed E-state index contributed by atoms with van der Waals surface area (Å²) in [6.45, 7) is 2.05. The predicted molar refractivity (Wildman–Crippen MR) is 117 cm³/mol. The zero-order valence-electron chi connectivity index (χ0n) is 15.5. The Morgan fingerprint density at radius 1 is 0.750 bits per heavy atom. The van der Waals surface area contributed by atoms with Gasteiger partial charge in [0.15, 0.2) is 0 Å². The summed E-state index contributed by atoms with van der Waals surface area (Å²) in [5.74, 6) is -0.187. The molecule has 4 aromatic rings. The molecule has 142 valence electrons. The highest BCUT2D eigenvalue weighted by atomic mass is 35.5. The number of H-pyrrole nitrogens is 1. The molecule has 1 aromatic heterocycles. The minimum Gasteiger partial charge on any atom is -0.358 e. The molecule has 0 atom stereocenters. The number of aromatic amines is 1. The van der Waals surface area contributed by atoms with Gasteiger partial charge in [-0.2, -0.15) is 0 Å². The Balaban J connectivity index is 0.00000192. The molecule has 0 bridgehead atoms. The van der Waals surface area contributed by atoms with Crippen LogP contribution in [0.1, 0.15) is 11.3 Å². The molecule has 0 unspecified atom stereocenters. The number of rotatable bonds is 2. The van der Waals surface area contributed by atoms with Crippen LogP contribution in [0.4, 0.5) is 4.39 Å². The van der Waals surface area contributed by atoms with Crippen LogP contribution in [0.15, 0.2) is 66.7 Å². The molecule has 2 N–H and O–H groups in total. The van der Waals surface area contributed by atoms with Crippen LogP contribution >= 0.6 is 12.4 Å². The molecule has 2 nitrogen and oxygen atoms in total. The summed E-state index contributed by atoms with van der Waals surface area (Å²) in [5, 5.41) is 4.77. The Labute approximate surface area is 170 Å². The third-order valence-electron chi connectivity index (χ3n) is 5.48. The van der Waals surface area contributed by atoms with Crippen molar-refractivity contribution in [1.82, 2.24) is 10.3 Å². The van der Waals surface area contributed by atoms with Crippen molar-refractivity contribution in [1.29, 1.82) is 0 Å². The van der Waals surface area contributed by atoms with Gasteiger partial charge in [0.1, 0.15) is 5.82 Å². The summed E-state index contributed by atoms with van der Waals surface area (Å²) in [5.41, 5.74) is 7.81. The van der Waals surface area contributed by atoms with Crippen LogP contribution in [0.25, 0.3) is 33.2 Å². The van der Waals surface area contributed by atoms with Crippen molar-refractivity contribution < 1.29 is 4.39 Å². The average Bonchev–Trinajstić information content (AvgIpc) is 2.88. The number of fused-ring (bicyclic) bond motifs is 3. The molecule has 1 aliphatic heterocycles. The van der Waals surface area contributed by atoms with E-state index in [2.05, 4.69) is 40.6 Å². The quantitative estimate of drug-likeness (QED) is 0.446. The summed E-state index contributed by atoms with van der Waals surface area (Å²) in [6.07, 6.45) is 2.09. The molecule has 3 aromatic carbocycles. The third kappa shape index (κ3) is 3.32. The van der Waals surface area contributed by atoms with Crippen LogP contribution in [-0.2, 0) is 12.8 Å². The van der Waals surface area contributed by atoms with Crippen LogP contribution < -0.4 is 5.32 Å². The van der Waals surface area contributed by atoms with Gasteiger partial charge in [-0.15, -0.1) is 12.4 Å². The number of benzene rings is 3. The van der Waals surface area contributed by atoms with Gasteiger partial charge in [0.25, 0.3) is 0 Å². The molecule has 0 aliphatic carbocycles. The fraction of sp³-hybridized carbons (Fsp3) is 0.167. The maximum absolute atomic E-state index is 14.2. The van der Waals surface area contributed by atoms with E-state index in [1.54, 1.807) is 6.07 Å². The monoisotopic (exact) mass is 392 g/mol. The van der Waals surface area contributed by atoms with E-state index >= 15 is 0 Å². The second-order valence-corrected chi connectivity index (χ2v) is 7.15. The molecule has 0 saturated heterocycles. The lowest BCUT2D eigenvalue weighted by Gasteiger charge is -2.08. The van der Waals surface area contributed by atoms with E-state index in [4.69, 9.17) is 0 Å². The van der Waals surface area contributed by atoms with Crippen molar-refractivity contribution in [3.63, 3.8) is 0 Å². The highest BCUT2D eigenvalue weighted by Gasteiger charge is 2.15. The standard InChI is InChI=1S/C24H21FN2.ClH/c25-22-7-2-1-6-19(22)18-5-3-4-16(14-18)17-8-9-23-21(15-17)20-10-12-26-13-11-24(20)27-23;/h1-9,14-15,26-27H,10-13H2;1H. The van der Waals surface area contributed by atoms with Gasteiger partial charge in [0.2, 0.25) is 0 Å². The zero-order chi connectivity index (χ0) is 18.2. The van der Waals surface area contributed by atoms with Gasteiger partial charge in [-0.05, 0) is 59.5 Å². The summed E-state index contributed by atoms with van der Waals surface area (Å²) >= 11 is 0. The fourth-order valence-electron chi connectivity index (χ4n) is 4.10. The minimum absolute atomic E-state index is 0. The Hall–Kier alpha value is -2.62. The average molecular weight is 393 g/mol. The maximum Gasteiger partial charge on any atom is 0.131 e. The number of hydrogen-bond donors (Lipinski definition) is 2. The molecular formula is C24H22ClFN2. The van der Waals surface area contributed by atoms with Crippen LogP contribution in [0.2, 0.25) is 0 Å². The van der Waals surface area contributed by atoms with Gasteiger partial charge >= 0.3 is 0 Å². The van der Waals surface area contributed by atoms with E-state index in [1.165, 1.54) is 33.8 Å². The van der Waals surface area contributed by atoms with Crippen molar-refractivity contribution in [3.8, 4) is 22.3 Å². The third-order valence-corrected chi connectivity index (χ3v) is 5.48. The summed E-state index contributed by atoms with van der Waals surface area (Å²) in [7, 11) is 0. The summed E-state index contributed by atoms with van der Waals surface area (Å²) in [6, 6.07) is 21.7. The van der Waals surface area contributed by atoms with Gasteiger partial charge in [-0.3, -0.25) is 0 Å². The molecular weight excluding hydrogens is 371 g/mol. The van der Waals surface area contributed by atoms with E-state index in [1.807, 2.05) is 24.3 Å². The molecule has 1 aliphatic rings. The van der Waals surface area contributed by atoms with E-state index < -0.39 is 0 Å². The van der Waals surface area contributed by atoms with E-state index in [-0.39, 0.29) is 18.2 Å². The molecule has 0 radical (unpaired) electrons. The maximum atomic E-state index is 14.2. The Morgan fingerprint density at radius 3 is 2.43 bits per heavy atom. The van der Waals surface area contributed by atoms with Crippen molar-refractivity contribution in [2.75, 3.05) is 13.1 Å². The van der Waals surface area contributed by atoms with Gasteiger partial charge in [-0.25, -0.2) is 4.39 Å². The normalized spacial score (nSPS) is 13.6. The van der Waals surface area contributed by atoms with Gasteiger partial charge in [0, 0.05) is 35.1 Å². The van der Waals surface area contributed by atoms with Crippen molar-refractivity contribution in [2.24, 2.45) is 0 Å². The topological polar surface area (TPSA) is 27.8 Å². The smallest absolute Gasteiger partial charge is 0.131 e. The molecule has 28 heavy (non-hydrogen) atoms. The predicted octanol–water partition coefficient (Wildman–Crippen LogP) is 5.75. The fourth-order valence-corrected chi connectivity index (χ4v) is 4.10. The Morgan fingerprint density at radius 2 is 1.54 bits per heavy atom. The van der Waals surface area contributed by atoms with Gasteiger partial charge in [-0.1, -0.05) is 42.5 Å². The highest BCUT2D eigenvalue weighted by molar-refractivity contribution is 5.90. The number of aromatic nitrogens is 1. The van der Waals surface area contributed by atoms with Crippen LogP contribution in [0, 0.1) is 5.82 Å². The SMILES string of the molecule is Cl.Fc1ccccc1-c1cccc(-c2ccc3[nH]c4c(c3c2)CCNCC4)c1. The van der Waals surface area contributed by atoms with Crippen molar-refractivity contribution >= 4 is 23.3 Å². The molecule has 2 heterocycles. The largest absolute Gasteiger partial charge is 0.358 e. The lowest BCUT2D eigenvalue weighted by atomic mass is 9.97. The molecule has 5 rings (SSSR count). The lowest BCUT2D eigenvalue weighted by molar-refractivity contribution is 0.631. The van der Waals surface area contributed by atoms with Crippen LogP contribution in [0.5, 0.6) is 0 Å². The molecule has 0 spiro atoms. The first kappa shape index (κ1) is 18.7. The molecule has 0 fully saturated rings. The van der Waals surface area contributed by atoms with E-state index in [0.717, 1.165) is 37.1 Å². The second-order valence-electron chi connectivity index (χ2n) is 7.15. The second kappa shape index (κ2) is 7.78. The molecule has 4 heteroatoms. The number of hydrogen-bond acceptors (Lipinski definition) is 1. The summed E-state index contributed by atoms with van der Waals surface area (Å²) < 4.78 is 14.2. The Bertz CT molecular complexity index is 1130. The first-order valence-corrected chi connectivity index (χ1v) is 9.49. The summed E-state index contributed by atoms with van der Waals surface area (Å²) in [4.78, 5) is 3.59. The number of nitrogens with one attached hydrogen (secondary N) is 2. The minimum atomic E-state index is -0.187. The first-order valence-electron chi connectivity index (χ1n) is 9.49. The number of halogens is 2. The lowest BCUT2D eigenvalue weighted by Crippen LogP contribution is -2.16. The Kier molecular flexibility index (Phi) is 5.21. The van der Waals surface area contributed by atoms with Gasteiger partial charge in [0.05, 0.1) is 0 Å². The van der Waals surface area contributed by atoms with Gasteiger partial charge < -0.3 is 10.3 Å². The zero-order valence-corrected chi connectivity index (χ0v) is 16.3. The molecule has 0 amide bonds. The molecule has 0 saturated carbocycles.